The van der Waals surface area contributed by atoms with Crippen LogP contribution in [-0.4, -0.2) is 74.1 Å². The molecule has 3 fully saturated rings. The van der Waals surface area contributed by atoms with Gasteiger partial charge in [0, 0.05) is 49.8 Å². The highest BCUT2D eigenvalue weighted by molar-refractivity contribution is 7.99. The maximum atomic E-state index is 12.5. The van der Waals surface area contributed by atoms with Crippen molar-refractivity contribution >= 4 is 39.1 Å². The van der Waals surface area contributed by atoms with Crippen LogP contribution in [0.2, 0.25) is 0 Å². The minimum atomic E-state index is -3.46. The first-order valence-corrected chi connectivity index (χ1v) is 16.3. The number of nitrogens with zero attached hydrogens (tertiary/aromatic N) is 6. The van der Waals surface area contributed by atoms with Crippen molar-refractivity contribution < 1.29 is 13.5 Å². The lowest BCUT2D eigenvalue weighted by molar-refractivity contribution is 0.115. The van der Waals surface area contributed by atoms with Crippen molar-refractivity contribution in [3.63, 3.8) is 0 Å². The molecule has 40 heavy (non-hydrogen) atoms. The van der Waals surface area contributed by atoms with Gasteiger partial charge in [0.05, 0.1) is 34.5 Å². The van der Waals surface area contributed by atoms with Crippen LogP contribution in [0.4, 0.5) is 17.3 Å². The Labute approximate surface area is 239 Å². The van der Waals surface area contributed by atoms with E-state index in [9.17, 15) is 13.5 Å². The summed E-state index contributed by atoms with van der Waals surface area (Å²) in [6.45, 7) is 4.00. The molecule has 0 amide bonds. The van der Waals surface area contributed by atoms with Crippen molar-refractivity contribution in [3.05, 3.63) is 42.5 Å². The van der Waals surface area contributed by atoms with Crippen LogP contribution >= 0.6 is 11.8 Å². The number of nitrogens with one attached hydrogen (secondary N) is 1. The van der Waals surface area contributed by atoms with Crippen LogP contribution in [0.3, 0.4) is 0 Å². The molecule has 5 heterocycles. The smallest absolute Gasteiger partial charge is 0.256 e. The fourth-order valence-corrected chi connectivity index (χ4v) is 7.55. The molecule has 3 aromatic rings. The molecular weight excluding hydrogens is 546 g/mol. The van der Waals surface area contributed by atoms with Crippen molar-refractivity contribution in [2.45, 2.75) is 44.3 Å². The molecule has 2 N–H and O–H groups in total. The monoisotopic (exact) mass is 579 g/mol. The molecular formula is C28H33N7O3S2. The molecule has 0 aromatic carbocycles. The molecule has 3 aliphatic rings. The van der Waals surface area contributed by atoms with Crippen molar-refractivity contribution in [2.75, 3.05) is 41.4 Å². The number of anilines is 3. The lowest BCUT2D eigenvalue weighted by Gasteiger charge is -2.39. The standard InChI is InChI=1S/C28H33N7O3S2/c1-28(19-36)8-11-34(12-9-28)24-14-26(30-15-21(24)3-2-20-7-13-39-18-20)32-25-6-10-29-27(33-25)22-16-31-35(17-22)40(37,38)23-4-5-23/h6,10,14-17,20,23,36H,4-5,7-9,11-13,18-19H2,1H3,(H,29,30,32,33). The molecule has 0 spiro atoms. The minimum Gasteiger partial charge on any atom is -0.396 e. The van der Waals surface area contributed by atoms with E-state index in [1.165, 1.54) is 12.4 Å². The summed E-state index contributed by atoms with van der Waals surface area (Å²) in [6.07, 6.45) is 10.7. The predicted octanol–water partition coefficient (Wildman–Crippen LogP) is 3.52. The fourth-order valence-electron chi connectivity index (χ4n) is 4.92. The van der Waals surface area contributed by atoms with Gasteiger partial charge in [-0.1, -0.05) is 18.8 Å². The Balaban J connectivity index is 1.25. The minimum absolute atomic E-state index is 0.0549. The third-order valence-electron chi connectivity index (χ3n) is 7.85. The summed E-state index contributed by atoms with van der Waals surface area (Å²) in [7, 11) is -3.46. The number of thioether (sulfide) groups is 1. The van der Waals surface area contributed by atoms with E-state index in [4.69, 9.17) is 0 Å². The molecule has 12 heteroatoms. The van der Waals surface area contributed by atoms with Gasteiger partial charge in [-0.25, -0.2) is 23.4 Å². The van der Waals surface area contributed by atoms with Gasteiger partial charge in [-0.05, 0) is 49.3 Å². The zero-order valence-corrected chi connectivity index (χ0v) is 24.1. The second-order valence-electron chi connectivity index (χ2n) is 11.1. The molecule has 210 valence electrons. The van der Waals surface area contributed by atoms with Gasteiger partial charge in [0.1, 0.15) is 11.6 Å². The molecule has 2 aliphatic heterocycles. The molecule has 1 unspecified atom stereocenters. The Morgan fingerprint density at radius 1 is 1.18 bits per heavy atom. The summed E-state index contributed by atoms with van der Waals surface area (Å²) < 4.78 is 26.1. The first-order valence-electron chi connectivity index (χ1n) is 13.7. The molecule has 0 bridgehead atoms. The van der Waals surface area contributed by atoms with Crippen LogP contribution in [-0.2, 0) is 10.0 Å². The highest BCUT2D eigenvalue weighted by Gasteiger charge is 2.37. The summed E-state index contributed by atoms with van der Waals surface area (Å²) in [6, 6.07) is 3.76. The Hall–Kier alpha value is -3.14. The maximum Gasteiger partial charge on any atom is 0.256 e. The van der Waals surface area contributed by atoms with Crippen molar-refractivity contribution in [2.24, 2.45) is 11.3 Å². The third kappa shape index (κ3) is 5.82. The molecule has 3 aromatic heterocycles. The topological polar surface area (TPSA) is 126 Å². The second kappa shape index (κ2) is 11.0. The number of hydrogen-bond donors (Lipinski definition) is 2. The molecule has 1 aliphatic carbocycles. The summed E-state index contributed by atoms with van der Waals surface area (Å²) in [5, 5.41) is 16.8. The second-order valence-corrected chi connectivity index (χ2v) is 14.3. The average molecular weight is 580 g/mol. The quantitative estimate of drug-likeness (QED) is 0.402. The van der Waals surface area contributed by atoms with Crippen molar-refractivity contribution in [1.29, 1.82) is 0 Å². The zero-order chi connectivity index (χ0) is 27.7. The zero-order valence-electron chi connectivity index (χ0n) is 22.5. The van der Waals surface area contributed by atoms with Gasteiger partial charge in [0.2, 0.25) is 0 Å². The van der Waals surface area contributed by atoms with E-state index >= 15 is 0 Å². The van der Waals surface area contributed by atoms with Gasteiger partial charge in [-0.15, -0.1) is 0 Å². The molecule has 1 atom stereocenters. The van der Waals surface area contributed by atoms with E-state index in [1.807, 2.05) is 24.0 Å². The number of aromatic nitrogens is 5. The van der Waals surface area contributed by atoms with E-state index < -0.39 is 10.0 Å². The van der Waals surface area contributed by atoms with Gasteiger partial charge in [-0.3, -0.25) is 0 Å². The molecule has 6 rings (SSSR count). The summed E-state index contributed by atoms with van der Waals surface area (Å²) in [4.78, 5) is 15.9. The predicted molar refractivity (Wildman–Crippen MR) is 157 cm³/mol. The van der Waals surface area contributed by atoms with Crippen molar-refractivity contribution in [3.8, 4) is 23.2 Å². The molecule has 0 radical (unpaired) electrons. The highest BCUT2D eigenvalue weighted by Crippen LogP contribution is 2.35. The highest BCUT2D eigenvalue weighted by atomic mass is 32.2. The van der Waals surface area contributed by atoms with Crippen LogP contribution in [0.1, 0.15) is 44.6 Å². The first-order chi connectivity index (χ1) is 19.3. The van der Waals surface area contributed by atoms with E-state index in [2.05, 4.69) is 49.0 Å². The summed E-state index contributed by atoms with van der Waals surface area (Å²) in [5.74, 6) is 11.1. The van der Waals surface area contributed by atoms with Crippen LogP contribution < -0.4 is 10.2 Å². The molecule has 10 nitrogen and oxygen atoms in total. The average Bonchev–Trinajstić information content (AvgIpc) is 3.48. The number of piperidine rings is 1. The van der Waals surface area contributed by atoms with Crippen LogP contribution in [0, 0.1) is 23.2 Å². The number of hydrogen-bond acceptors (Lipinski definition) is 10. The van der Waals surface area contributed by atoms with Gasteiger partial charge < -0.3 is 15.3 Å². The van der Waals surface area contributed by atoms with Gasteiger partial charge in [0.15, 0.2) is 5.82 Å². The fraction of sp³-hybridized carbons (Fsp3) is 0.500. The van der Waals surface area contributed by atoms with Crippen LogP contribution in [0.5, 0.6) is 0 Å². The Morgan fingerprint density at radius 3 is 2.73 bits per heavy atom. The molecule has 2 saturated heterocycles. The third-order valence-corrected chi connectivity index (χ3v) is 11.0. The van der Waals surface area contributed by atoms with E-state index in [0.29, 0.717) is 41.8 Å². The molecule has 1 saturated carbocycles. The normalized spacial score (nSPS) is 20.6. The Kier molecular flexibility index (Phi) is 7.46. The van der Waals surface area contributed by atoms with Gasteiger partial charge in [0.25, 0.3) is 10.0 Å². The van der Waals surface area contributed by atoms with Crippen LogP contribution in [0.15, 0.2) is 36.9 Å². The number of rotatable bonds is 7. The van der Waals surface area contributed by atoms with Gasteiger partial charge >= 0.3 is 0 Å². The van der Waals surface area contributed by atoms with E-state index in [1.54, 1.807) is 12.3 Å². The van der Waals surface area contributed by atoms with E-state index in [0.717, 1.165) is 59.2 Å². The maximum absolute atomic E-state index is 12.5. The summed E-state index contributed by atoms with van der Waals surface area (Å²) >= 11 is 1.95. The van der Waals surface area contributed by atoms with Gasteiger partial charge in [-0.2, -0.15) is 20.9 Å². The van der Waals surface area contributed by atoms with Crippen molar-refractivity contribution in [1.82, 2.24) is 24.1 Å². The number of aliphatic hydroxyl groups is 1. The Bertz CT molecular complexity index is 1550. The van der Waals surface area contributed by atoms with E-state index in [-0.39, 0.29) is 17.3 Å². The largest absolute Gasteiger partial charge is 0.396 e. The lowest BCUT2D eigenvalue weighted by Crippen LogP contribution is -2.40. The SMILES string of the molecule is CC1(CO)CCN(c2cc(Nc3ccnc(-c4cnn(S(=O)(=O)C5CC5)c4)n3)ncc2C#CC2CCSC2)CC1. The number of aliphatic hydroxyl groups excluding tert-OH is 1. The Morgan fingerprint density at radius 2 is 2.00 bits per heavy atom. The first kappa shape index (κ1) is 27.1. The summed E-state index contributed by atoms with van der Waals surface area (Å²) in [5.41, 5.74) is 2.40. The lowest BCUT2D eigenvalue weighted by atomic mass is 9.81. The number of pyridine rings is 1. The van der Waals surface area contributed by atoms with Crippen LogP contribution in [0.25, 0.3) is 11.4 Å².